The molecule has 0 amide bonds. The summed E-state index contributed by atoms with van der Waals surface area (Å²) in [5, 5.41) is 18.2. The number of ketones is 6. The van der Waals surface area contributed by atoms with E-state index < -0.39 is 0 Å². The number of likely N-dealkylation sites (N-methyl/N-ethyl adjacent to an activating group) is 6. The number of nitrogens with one attached hydrogen (secondary N) is 6. The van der Waals surface area contributed by atoms with Gasteiger partial charge in [0.1, 0.15) is 34.7 Å². The van der Waals surface area contributed by atoms with Crippen LogP contribution in [0.2, 0.25) is 0 Å². The quantitative estimate of drug-likeness (QED) is 0.0768. The molecule has 0 spiro atoms. The minimum absolute atomic E-state index is 0. The van der Waals surface area contributed by atoms with E-state index in [0.717, 1.165) is 57.8 Å². The van der Waals surface area contributed by atoms with Crippen molar-refractivity contribution in [3.63, 3.8) is 0 Å². The SMILES string of the molecule is C.C.C.C.C.C.CCCC[C@H](NC)C(C)=O.CNC(C)(C)C(C)=O.CNC1(C(C)=O)CCCC1.CNC1(C(C)=O)CCCCC1.CN[C@@H](CCC(C)C)C(C)=O.CN[C@H](C(C)=O)C(C)(C)C. The summed E-state index contributed by atoms with van der Waals surface area (Å²) in [5.41, 5.74) is -0.640. The lowest BCUT2D eigenvalue weighted by Crippen LogP contribution is -2.50. The second-order valence-corrected chi connectivity index (χ2v) is 18.7. The molecule has 0 aliphatic heterocycles. The minimum Gasteiger partial charge on any atom is -0.311 e. The molecule has 0 bridgehead atoms. The third kappa shape index (κ3) is 38.7. The number of unbranched alkanes of at least 4 members (excludes halogenated alkanes) is 1. The maximum Gasteiger partial charge on any atom is 0.149 e. The number of carbonyl (C=O) groups is 6. The Morgan fingerprint density at radius 3 is 0.985 bits per heavy atom. The van der Waals surface area contributed by atoms with Crippen molar-refractivity contribution < 1.29 is 28.8 Å². The maximum atomic E-state index is 11.3. The second kappa shape index (κ2) is 46.5. The molecule has 404 valence electrons. The molecule has 0 aromatic heterocycles. The third-order valence-corrected chi connectivity index (χ3v) is 12.1. The fraction of sp³-hybridized carbons (Fsp3) is 0.889. The van der Waals surface area contributed by atoms with Crippen LogP contribution in [0.1, 0.15) is 231 Å². The lowest BCUT2D eigenvalue weighted by Gasteiger charge is -2.34. The maximum absolute atomic E-state index is 11.3. The van der Waals surface area contributed by atoms with Crippen molar-refractivity contribution in [1.82, 2.24) is 31.9 Å². The van der Waals surface area contributed by atoms with Crippen molar-refractivity contribution >= 4 is 34.7 Å². The van der Waals surface area contributed by atoms with E-state index in [-0.39, 0.29) is 108 Å². The second-order valence-electron chi connectivity index (χ2n) is 18.7. The summed E-state index contributed by atoms with van der Waals surface area (Å²) < 4.78 is 0. The van der Waals surface area contributed by atoms with Crippen LogP contribution >= 0.6 is 0 Å². The molecule has 0 heterocycles. The monoisotopic (exact) mass is 951 g/mol. The van der Waals surface area contributed by atoms with Gasteiger partial charge >= 0.3 is 0 Å². The van der Waals surface area contributed by atoms with E-state index in [1.807, 2.05) is 49.1 Å². The predicted octanol–water partition coefficient (Wildman–Crippen LogP) is 11.2. The van der Waals surface area contributed by atoms with Gasteiger partial charge in [-0.05, 0) is 154 Å². The predicted molar refractivity (Wildman–Crippen MR) is 294 cm³/mol. The number of hydrogen-bond acceptors (Lipinski definition) is 12. The molecule has 3 atom stereocenters. The molecule has 2 rings (SSSR count). The Morgan fingerprint density at radius 1 is 0.500 bits per heavy atom. The summed E-state index contributed by atoms with van der Waals surface area (Å²) in [6.45, 7) is 26.2. The van der Waals surface area contributed by atoms with Crippen LogP contribution in [-0.4, -0.2) is 112 Å². The van der Waals surface area contributed by atoms with Gasteiger partial charge in [-0.15, -0.1) is 0 Å². The first kappa shape index (κ1) is 86.9. The summed E-state index contributed by atoms with van der Waals surface area (Å²) >= 11 is 0. The molecule has 0 radical (unpaired) electrons. The molecule has 66 heavy (non-hydrogen) atoms. The van der Waals surface area contributed by atoms with E-state index >= 15 is 0 Å². The molecule has 2 fully saturated rings. The van der Waals surface area contributed by atoms with Crippen molar-refractivity contribution in [3.8, 4) is 0 Å². The van der Waals surface area contributed by atoms with Gasteiger partial charge in [-0.1, -0.05) is 131 Å². The van der Waals surface area contributed by atoms with Crippen LogP contribution in [-0.2, 0) is 28.8 Å². The average molecular weight is 952 g/mol. The molecule has 0 saturated heterocycles. The zero-order valence-electron chi connectivity index (χ0n) is 42.7. The van der Waals surface area contributed by atoms with Crippen molar-refractivity contribution in [3.05, 3.63) is 0 Å². The van der Waals surface area contributed by atoms with Crippen LogP contribution in [0.4, 0.5) is 0 Å². The zero-order chi connectivity index (χ0) is 47.9. The van der Waals surface area contributed by atoms with Gasteiger partial charge in [-0.25, -0.2) is 0 Å². The summed E-state index contributed by atoms with van der Waals surface area (Å²) in [6, 6.07) is 0.129. The van der Waals surface area contributed by atoms with Crippen molar-refractivity contribution in [1.29, 1.82) is 0 Å². The molecule has 12 nitrogen and oxygen atoms in total. The Bertz CT molecular complexity index is 1200. The molecule has 2 aliphatic rings. The smallest absolute Gasteiger partial charge is 0.149 e. The molecular weight excluding hydrogens is 829 g/mol. The molecule has 0 unspecified atom stereocenters. The van der Waals surface area contributed by atoms with E-state index in [1.165, 1.54) is 32.1 Å². The largest absolute Gasteiger partial charge is 0.311 e. The average Bonchev–Trinajstić information content (AvgIpc) is 3.67. The molecule has 2 aliphatic carbocycles. The van der Waals surface area contributed by atoms with Gasteiger partial charge in [0.15, 0.2) is 0 Å². The van der Waals surface area contributed by atoms with Crippen LogP contribution in [0.15, 0.2) is 0 Å². The fourth-order valence-corrected chi connectivity index (χ4v) is 7.12. The molecule has 0 aromatic carbocycles. The third-order valence-electron chi connectivity index (χ3n) is 12.1. The van der Waals surface area contributed by atoms with Crippen LogP contribution in [0.25, 0.3) is 0 Å². The topological polar surface area (TPSA) is 175 Å². The summed E-state index contributed by atoms with van der Waals surface area (Å²) in [5.74, 6) is 2.15. The summed E-state index contributed by atoms with van der Waals surface area (Å²) in [6.07, 6.45) is 15.5. The first-order chi connectivity index (χ1) is 27.6. The van der Waals surface area contributed by atoms with Crippen molar-refractivity contribution in [2.45, 2.75) is 266 Å². The highest BCUT2D eigenvalue weighted by molar-refractivity contribution is 5.87. The van der Waals surface area contributed by atoms with Crippen LogP contribution in [0, 0.1) is 11.3 Å². The highest BCUT2D eigenvalue weighted by Gasteiger charge is 2.36. The van der Waals surface area contributed by atoms with Gasteiger partial charge < -0.3 is 31.9 Å². The highest BCUT2D eigenvalue weighted by Crippen LogP contribution is 2.30. The van der Waals surface area contributed by atoms with E-state index in [2.05, 4.69) is 73.4 Å². The summed E-state index contributed by atoms with van der Waals surface area (Å²) in [4.78, 5) is 65.8. The van der Waals surface area contributed by atoms with E-state index in [0.29, 0.717) is 17.5 Å². The van der Waals surface area contributed by atoms with Crippen LogP contribution in [0.3, 0.4) is 0 Å². The fourth-order valence-electron chi connectivity index (χ4n) is 7.12. The molecule has 12 heteroatoms. The Balaban J connectivity index is -0.0000000702. The molecular formula is C54H122N6O6. The van der Waals surface area contributed by atoms with Crippen LogP contribution < -0.4 is 31.9 Å². The standard InChI is InChI=1S/C9H17NO.C9H19NO.C8H15NO.2C8H17NO.C6H13NO.6CH4/c1-8(11)9(10-2)6-4-3-5-7-9;1-7(2)5-6-9(10-4)8(3)11;1-7(10)8(9-2)5-3-4-6-8;1-6(10)7(9-5)8(2,3)4;1-4-5-6-8(9-3)7(2)10;1-5(8)6(2,3)7-4;;;;;;/h10H,3-7H2,1-2H3;7,9-10H,5-6H2,1-4H3;9H,3-6H2,1-2H3;7,9H,1-5H3;8-9H,4-6H2,1-3H3;7H,1-4H3;6*1H4/t;9-;;7-;8-;;;;;;;/m.0.10......./s1. The number of hydrogen-bond donors (Lipinski definition) is 6. The normalized spacial score (nSPS) is 15.2. The van der Waals surface area contributed by atoms with Gasteiger partial charge in [-0.3, -0.25) is 28.8 Å². The molecule has 2 saturated carbocycles. The Hall–Kier alpha value is -2.22. The van der Waals surface area contributed by atoms with Gasteiger partial charge in [0.25, 0.3) is 0 Å². The first-order valence-corrected chi connectivity index (χ1v) is 22.7. The lowest BCUT2D eigenvalue weighted by molar-refractivity contribution is -0.124. The van der Waals surface area contributed by atoms with Crippen molar-refractivity contribution in [2.24, 2.45) is 11.3 Å². The van der Waals surface area contributed by atoms with Crippen LogP contribution in [0.5, 0.6) is 0 Å². The zero-order valence-corrected chi connectivity index (χ0v) is 42.7. The Morgan fingerprint density at radius 2 is 0.833 bits per heavy atom. The molecule has 6 N–H and O–H groups in total. The number of Topliss-reactive ketones (excluding diaryl/α,β-unsaturated/α-hetero) is 6. The van der Waals surface area contributed by atoms with E-state index in [4.69, 9.17) is 0 Å². The number of rotatable bonds is 18. The first-order valence-electron chi connectivity index (χ1n) is 22.7. The number of carbonyl (C=O) groups excluding carboxylic acids is 6. The van der Waals surface area contributed by atoms with Gasteiger partial charge in [0, 0.05) is 0 Å². The van der Waals surface area contributed by atoms with E-state index in [1.54, 1.807) is 48.6 Å². The molecule has 0 aromatic rings. The van der Waals surface area contributed by atoms with Gasteiger partial charge in [0.2, 0.25) is 0 Å². The van der Waals surface area contributed by atoms with Gasteiger partial charge in [0.05, 0.1) is 34.7 Å². The van der Waals surface area contributed by atoms with Crippen molar-refractivity contribution in [2.75, 3.05) is 42.3 Å². The minimum atomic E-state index is -0.347. The summed E-state index contributed by atoms with van der Waals surface area (Å²) in [7, 11) is 11.0. The van der Waals surface area contributed by atoms with Gasteiger partial charge in [-0.2, -0.15) is 0 Å². The highest BCUT2D eigenvalue weighted by atomic mass is 16.1. The Kier molecular flexibility index (Phi) is 61.2. The Labute approximate surface area is 413 Å². The van der Waals surface area contributed by atoms with E-state index in [9.17, 15) is 28.8 Å². The lowest BCUT2D eigenvalue weighted by atomic mass is 9.79.